The fourth-order valence-corrected chi connectivity index (χ4v) is 1.37. The Balaban J connectivity index is 2.30. The van der Waals surface area contributed by atoms with E-state index in [4.69, 9.17) is 4.74 Å². The first-order valence-corrected chi connectivity index (χ1v) is 5.45. The lowest BCUT2D eigenvalue weighted by Crippen LogP contribution is -2.23. The summed E-state index contributed by atoms with van der Waals surface area (Å²) in [5, 5.41) is 0. The number of nitrogens with zero attached hydrogens (tertiary/aromatic N) is 2. The number of hydrogen-bond acceptors (Lipinski definition) is 4. The van der Waals surface area contributed by atoms with Gasteiger partial charge in [0.25, 0.3) is 5.91 Å². The highest BCUT2D eigenvalue weighted by atomic mass is 16.5. The first-order chi connectivity index (χ1) is 8.10. The van der Waals surface area contributed by atoms with Crippen LogP contribution in [0.3, 0.4) is 0 Å². The highest BCUT2D eigenvalue weighted by Crippen LogP contribution is 2.27. The summed E-state index contributed by atoms with van der Waals surface area (Å²) in [5.74, 6) is 0.296. The number of hydrogen-bond donors (Lipinski definition) is 0. The van der Waals surface area contributed by atoms with E-state index < -0.39 is 0 Å². The summed E-state index contributed by atoms with van der Waals surface area (Å²) in [5.41, 5.74) is 0.448. The minimum Gasteiger partial charge on any atom is -0.490 e. The maximum Gasteiger partial charge on any atom is 0.272 e. The van der Waals surface area contributed by atoms with E-state index in [9.17, 15) is 9.59 Å². The third-order valence-electron chi connectivity index (χ3n) is 2.39. The van der Waals surface area contributed by atoms with Crippen molar-refractivity contribution >= 4 is 12.2 Å². The standard InChI is InChI=1S/C12H14N2O3/c1-14(2)12(16)11-6-10(17-9-3-4-9)5-8(7-15)13-11/h5-7,9H,3-4H2,1-2H3. The van der Waals surface area contributed by atoms with Gasteiger partial charge in [-0.15, -0.1) is 0 Å². The van der Waals surface area contributed by atoms with Gasteiger partial charge in [0.2, 0.25) is 0 Å². The molecular formula is C12H14N2O3. The van der Waals surface area contributed by atoms with E-state index >= 15 is 0 Å². The number of ether oxygens (including phenoxy) is 1. The van der Waals surface area contributed by atoms with Crippen LogP contribution in [0.4, 0.5) is 0 Å². The molecule has 2 rings (SSSR count). The van der Waals surface area contributed by atoms with E-state index in [1.165, 1.54) is 4.90 Å². The van der Waals surface area contributed by atoms with Crippen molar-refractivity contribution in [3.8, 4) is 5.75 Å². The van der Waals surface area contributed by atoms with Gasteiger partial charge in [-0.2, -0.15) is 0 Å². The van der Waals surface area contributed by atoms with Gasteiger partial charge in [0.1, 0.15) is 17.1 Å². The summed E-state index contributed by atoms with van der Waals surface area (Å²) in [6, 6.07) is 3.13. The third kappa shape index (κ3) is 2.81. The molecule has 0 spiro atoms. The molecule has 1 heterocycles. The number of pyridine rings is 1. The van der Waals surface area contributed by atoms with Crippen molar-refractivity contribution in [1.82, 2.24) is 9.88 Å². The molecule has 90 valence electrons. The summed E-state index contributed by atoms with van der Waals surface area (Å²) in [7, 11) is 3.28. The molecule has 0 aromatic carbocycles. The van der Waals surface area contributed by atoms with Gasteiger partial charge in [-0.25, -0.2) is 4.98 Å². The Labute approximate surface area is 99.4 Å². The van der Waals surface area contributed by atoms with Crippen LogP contribution < -0.4 is 4.74 Å². The second-order valence-electron chi connectivity index (χ2n) is 4.25. The SMILES string of the molecule is CN(C)C(=O)c1cc(OC2CC2)cc(C=O)n1. The number of aromatic nitrogens is 1. The molecule has 0 saturated heterocycles. The van der Waals surface area contributed by atoms with Crippen LogP contribution in [0.25, 0.3) is 0 Å². The zero-order chi connectivity index (χ0) is 12.4. The van der Waals surface area contributed by atoms with Crippen molar-refractivity contribution in [2.75, 3.05) is 14.1 Å². The van der Waals surface area contributed by atoms with Gasteiger partial charge in [0.15, 0.2) is 6.29 Å². The second-order valence-corrected chi connectivity index (χ2v) is 4.25. The first kappa shape index (κ1) is 11.6. The summed E-state index contributed by atoms with van der Waals surface area (Å²) in [6.07, 6.45) is 2.89. The molecule has 1 aromatic rings. The normalized spacial score (nSPS) is 14.2. The van der Waals surface area contributed by atoms with Crippen LogP contribution in [0.15, 0.2) is 12.1 Å². The number of aldehydes is 1. The van der Waals surface area contributed by atoms with Crippen molar-refractivity contribution in [3.05, 3.63) is 23.5 Å². The quantitative estimate of drug-likeness (QED) is 0.733. The van der Waals surface area contributed by atoms with Crippen LogP contribution in [0.2, 0.25) is 0 Å². The predicted molar refractivity (Wildman–Crippen MR) is 61.3 cm³/mol. The van der Waals surface area contributed by atoms with E-state index in [0.29, 0.717) is 12.0 Å². The lowest BCUT2D eigenvalue weighted by atomic mass is 10.2. The zero-order valence-corrected chi connectivity index (χ0v) is 9.84. The Hall–Kier alpha value is -1.91. The molecule has 5 nitrogen and oxygen atoms in total. The maximum atomic E-state index is 11.8. The van der Waals surface area contributed by atoms with Gasteiger partial charge in [0, 0.05) is 26.2 Å². The van der Waals surface area contributed by atoms with E-state index in [-0.39, 0.29) is 23.4 Å². The Bertz CT molecular complexity index is 453. The molecule has 0 N–H and O–H groups in total. The number of carbonyl (C=O) groups excluding carboxylic acids is 2. The van der Waals surface area contributed by atoms with Gasteiger partial charge < -0.3 is 9.64 Å². The van der Waals surface area contributed by atoms with Crippen LogP contribution in [-0.2, 0) is 0 Å². The van der Waals surface area contributed by atoms with E-state index in [2.05, 4.69) is 4.98 Å². The van der Waals surface area contributed by atoms with Crippen molar-refractivity contribution in [2.24, 2.45) is 0 Å². The Morgan fingerprint density at radius 3 is 2.71 bits per heavy atom. The molecule has 0 atom stereocenters. The third-order valence-corrected chi connectivity index (χ3v) is 2.39. The highest BCUT2D eigenvalue weighted by Gasteiger charge is 2.24. The molecule has 1 amide bonds. The molecular weight excluding hydrogens is 220 g/mol. The lowest BCUT2D eigenvalue weighted by molar-refractivity contribution is 0.0821. The summed E-state index contributed by atoms with van der Waals surface area (Å²) in [4.78, 5) is 27.9. The molecule has 0 radical (unpaired) electrons. The topological polar surface area (TPSA) is 59.5 Å². The van der Waals surface area contributed by atoms with Gasteiger partial charge in [-0.1, -0.05) is 0 Å². The van der Waals surface area contributed by atoms with Gasteiger partial charge in [0.05, 0.1) is 6.10 Å². The van der Waals surface area contributed by atoms with E-state index in [0.717, 1.165) is 12.8 Å². The minimum atomic E-state index is -0.241. The summed E-state index contributed by atoms with van der Waals surface area (Å²) < 4.78 is 5.57. The smallest absolute Gasteiger partial charge is 0.272 e. The second kappa shape index (κ2) is 4.53. The van der Waals surface area contributed by atoms with Gasteiger partial charge in [-0.05, 0) is 12.8 Å². The molecule has 0 aliphatic heterocycles. The molecule has 17 heavy (non-hydrogen) atoms. The number of amides is 1. The molecule has 0 unspecified atom stereocenters. The zero-order valence-electron chi connectivity index (χ0n) is 9.84. The van der Waals surface area contributed by atoms with Gasteiger partial charge in [-0.3, -0.25) is 9.59 Å². The fourth-order valence-electron chi connectivity index (χ4n) is 1.37. The average Bonchev–Trinajstić information content (AvgIpc) is 3.11. The Morgan fingerprint density at radius 2 is 2.18 bits per heavy atom. The first-order valence-electron chi connectivity index (χ1n) is 5.45. The fraction of sp³-hybridized carbons (Fsp3) is 0.417. The van der Waals surface area contributed by atoms with Crippen LogP contribution >= 0.6 is 0 Å². The van der Waals surface area contributed by atoms with E-state index in [1.807, 2.05) is 0 Å². The Morgan fingerprint density at radius 1 is 1.47 bits per heavy atom. The monoisotopic (exact) mass is 234 g/mol. The van der Waals surface area contributed by atoms with Crippen LogP contribution in [-0.4, -0.2) is 42.3 Å². The van der Waals surface area contributed by atoms with Crippen molar-refractivity contribution in [2.45, 2.75) is 18.9 Å². The number of rotatable bonds is 4. The molecule has 1 aliphatic rings. The Kier molecular flexibility index (Phi) is 3.08. The predicted octanol–water partition coefficient (Wildman–Crippen LogP) is 1.14. The highest BCUT2D eigenvalue weighted by molar-refractivity contribution is 5.93. The molecule has 1 aliphatic carbocycles. The molecule has 1 saturated carbocycles. The molecule has 1 aromatic heterocycles. The molecule has 0 bridgehead atoms. The van der Waals surface area contributed by atoms with Crippen molar-refractivity contribution < 1.29 is 14.3 Å². The summed E-state index contributed by atoms with van der Waals surface area (Å²) in [6.45, 7) is 0. The summed E-state index contributed by atoms with van der Waals surface area (Å²) >= 11 is 0. The molecule has 1 fully saturated rings. The lowest BCUT2D eigenvalue weighted by Gasteiger charge is -2.11. The van der Waals surface area contributed by atoms with Crippen molar-refractivity contribution in [1.29, 1.82) is 0 Å². The maximum absolute atomic E-state index is 11.8. The van der Waals surface area contributed by atoms with Crippen LogP contribution in [0.5, 0.6) is 5.75 Å². The largest absolute Gasteiger partial charge is 0.490 e. The van der Waals surface area contributed by atoms with Gasteiger partial charge >= 0.3 is 0 Å². The van der Waals surface area contributed by atoms with E-state index in [1.54, 1.807) is 26.2 Å². The molecule has 5 heteroatoms. The number of carbonyl (C=O) groups is 2. The average molecular weight is 234 g/mol. The van der Waals surface area contributed by atoms with Crippen LogP contribution in [0.1, 0.15) is 33.8 Å². The van der Waals surface area contributed by atoms with Crippen LogP contribution in [0, 0.1) is 0 Å². The van der Waals surface area contributed by atoms with Crippen molar-refractivity contribution in [3.63, 3.8) is 0 Å². The minimum absolute atomic E-state index is 0.216.